The summed E-state index contributed by atoms with van der Waals surface area (Å²) in [6.45, 7) is 3.92. The molecular formula is C26H34N4O3. The van der Waals surface area contributed by atoms with Gasteiger partial charge in [-0.15, -0.1) is 0 Å². The number of carboxylic acid groups (broad SMARTS) is 1. The molecule has 0 aliphatic rings. The molecule has 0 bridgehead atoms. The largest absolute Gasteiger partial charge is 0.480 e. The summed E-state index contributed by atoms with van der Waals surface area (Å²) in [5.41, 5.74) is 6.02. The van der Waals surface area contributed by atoms with Crippen LogP contribution < -0.4 is 5.43 Å². The number of carbonyl (C=O) groups is 1. The van der Waals surface area contributed by atoms with Gasteiger partial charge in [0, 0.05) is 26.6 Å². The van der Waals surface area contributed by atoms with Crippen LogP contribution in [0.15, 0.2) is 64.1 Å². The summed E-state index contributed by atoms with van der Waals surface area (Å²) in [6.07, 6.45) is 16.2. The molecule has 1 atom stereocenters. The Hall–Kier alpha value is -3.45. The third-order valence-corrected chi connectivity index (χ3v) is 5.15. The van der Waals surface area contributed by atoms with Gasteiger partial charge in [0.1, 0.15) is 11.8 Å². The summed E-state index contributed by atoms with van der Waals surface area (Å²) in [4.78, 5) is 20.0. The molecule has 1 aromatic heterocycles. The van der Waals surface area contributed by atoms with Crippen LogP contribution in [0, 0.1) is 6.92 Å². The maximum Gasteiger partial charge on any atom is 0.323 e. The molecule has 2 N–H and O–H groups in total. The zero-order chi connectivity index (χ0) is 24.1. The second-order valence-electron chi connectivity index (χ2n) is 7.68. The molecule has 0 fully saturated rings. The molecule has 176 valence electrons. The molecule has 0 amide bonds. The maximum atomic E-state index is 11.6. The van der Waals surface area contributed by atoms with Gasteiger partial charge in [0.25, 0.3) is 0 Å². The van der Waals surface area contributed by atoms with Gasteiger partial charge >= 0.3 is 5.97 Å². The van der Waals surface area contributed by atoms with Crippen LogP contribution >= 0.6 is 0 Å². The van der Waals surface area contributed by atoms with Gasteiger partial charge in [0.2, 0.25) is 5.89 Å². The van der Waals surface area contributed by atoms with E-state index >= 15 is 0 Å². The molecule has 2 rings (SSSR count). The number of nitrogens with one attached hydrogen (secondary N) is 1. The Morgan fingerprint density at radius 1 is 1.18 bits per heavy atom. The number of likely N-dealkylation sites (N-methyl/N-ethyl adjacent to an activating group) is 1. The summed E-state index contributed by atoms with van der Waals surface area (Å²) >= 11 is 0. The smallest absolute Gasteiger partial charge is 0.323 e. The standard InChI is InChI=1S/C26H34N4O3/c1-5-6-7-8-9-13-25-29-23(20(2)33-25)12-10-11-21-14-16-22(17-15-21)18-24(26(31)32)30(4)28-19-27-3/h5-9,13-17,19,24H,10-12,18H2,1-4H3,(H,27,28)(H,31,32)/b6-5-,8-7-,13-9+. The average molecular weight is 451 g/mol. The van der Waals surface area contributed by atoms with E-state index in [-0.39, 0.29) is 0 Å². The number of carboxylic acids is 1. The van der Waals surface area contributed by atoms with E-state index < -0.39 is 12.0 Å². The van der Waals surface area contributed by atoms with Crippen LogP contribution in [-0.4, -0.2) is 47.5 Å². The van der Waals surface area contributed by atoms with Crippen molar-refractivity contribution in [2.75, 3.05) is 14.1 Å². The Labute approximate surface area is 196 Å². The fourth-order valence-corrected chi connectivity index (χ4v) is 3.28. The molecule has 0 aliphatic carbocycles. The first-order valence-corrected chi connectivity index (χ1v) is 11.1. The molecule has 1 heterocycles. The predicted molar refractivity (Wildman–Crippen MR) is 133 cm³/mol. The maximum absolute atomic E-state index is 11.6. The first-order chi connectivity index (χ1) is 15.9. The first-order valence-electron chi connectivity index (χ1n) is 11.1. The number of hydrogen-bond acceptors (Lipinski definition) is 5. The quantitative estimate of drug-likeness (QED) is 0.204. The van der Waals surface area contributed by atoms with Crippen LogP contribution in [0.25, 0.3) is 6.08 Å². The highest BCUT2D eigenvalue weighted by atomic mass is 16.4. The molecule has 0 radical (unpaired) electrons. The summed E-state index contributed by atoms with van der Waals surface area (Å²) in [5.74, 6) is 0.590. The number of hydrogen-bond donors (Lipinski definition) is 2. The second-order valence-corrected chi connectivity index (χ2v) is 7.68. The van der Waals surface area contributed by atoms with Crippen LogP contribution in [0.2, 0.25) is 0 Å². The van der Waals surface area contributed by atoms with Crippen molar-refractivity contribution in [1.82, 2.24) is 15.4 Å². The fraction of sp³-hybridized carbons (Fsp3) is 0.346. The van der Waals surface area contributed by atoms with E-state index in [2.05, 4.69) is 27.5 Å². The molecular weight excluding hydrogens is 416 g/mol. The zero-order valence-corrected chi connectivity index (χ0v) is 19.9. The van der Waals surface area contributed by atoms with Gasteiger partial charge in [0.15, 0.2) is 0 Å². The van der Waals surface area contributed by atoms with E-state index in [0.29, 0.717) is 12.3 Å². The highest BCUT2D eigenvalue weighted by Crippen LogP contribution is 2.16. The number of benzene rings is 1. The Morgan fingerprint density at radius 2 is 1.88 bits per heavy atom. The number of aliphatic imine (C=N–C) groups is 1. The lowest BCUT2D eigenvalue weighted by Crippen LogP contribution is -2.47. The molecule has 7 heteroatoms. The number of aromatic nitrogens is 1. The van der Waals surface area contributed by atoms with Crippen LogP contribution in [0.5, 0.6) is 0 Å². The third-order valence-electron chi connectivity index (χ3n) is 5.15. The van der Waals surface area contributed by atoms with Crippen molar-refractivity contribution >= 4 is 18.4 Å². The van der Waals surface area contributed by atoms with Gasteiger partial charge in [-0.3, -0.25) is 9.79 Å². The topological polar surface area (TPSA) is 91.0 Å². The number of aliphatic carboxylic acids is 1. The summed E-state index contributed by atoms with van der Waals surface area (Å²) in [6, 6.07) is 7.44. The minimum Gasteiger partial charge on any atom is -0.480 e. The number of oxazole rings is 1. The molecule has 0 spiro atoms. The van der Waals surface area contributed by atoms with Gasteiger partial charge in [-0.1, -0.05) is 54.6 Å². The summed E-state index contributed by atoms with van der Waals surface area (Å²) in [5, 5.41) is 11.1. The van der Waals surface area contributed by atoms with Crippen LogP contribution in [-0.2, 0) is 24.1 Å². The lowest BCUT2D eigenvalue weighted by molar-refractivity contribution is -0.143. The van der Waals surface area contributed by atoms with Crippen molar-refractivity contribution in [3.05, 3.63) is 83.1 Å². The number of allylic oxidation sites excluding steroid dienone is 5. The third kappa shape index (κ3) is 8.90. The Kier molecular flexibility index (Phi) is 10.8. The fourth-order valence-electron chi connectivity index (χ4n) is 3.28. The minimum atomic E-state index is -0.885. The van der Waals surface area contributed by atoms with E-state index in [1.807, 2.05) is 62.4 Å². The van der Waals surface area contributed by atoms with E-state index in [9.17, 15) is 9.90 Å². The molecule has 7 nitrogen and oxygen atoms in total. The van der Waals surface area contributed by atoms with Crippen molar-refractivity contribution in [2.45, 2.75) is 45.6 Å². The molecule has 0 aliphatic heterocycles. The highest BCUT2D eigenvalue weighted by Gasteiger charge is 2.22. The molecule has 1 aromatic carbocycles. The van der Waals surface area contributed by atoms with Crippen molar-refractivity contribution in [3.8, 4) is 0 Å². The zero-order valence-electron chi connectivity index (χ0n) is 19.9. The second kappa shape index (κ2) is 13.9. The van der Waals surface area contributed by atoms with Gasteiger partial charge in [-0.2, -0.15) is 0 Å². The van der Waals surface area contributed by atoms with E-state index in [4.69, 9.17) is 4.42 Å². The minimum absolute atomic E-state index is 0.398. The number of nitrogens with zero attached hydrogens (tertiary/aromatic N) is 3. The molecule has 0 saturated carbocycles. The SMILES string of the molecule is C\C=C/C=C\C=C\c1nc(CCCc2ccc(CC(C(=O)O)N(C)NC=NC)cc2)c(C)o1. The number of aryl methyl sites for hydroxylation is 3. The van der Waals surface area contributed by atoms with E-state index in [0.717, 1.165) is 36.3 Å². The number of rotatable bonds is 13. The average Bonchev–Trinajstić information content (AvgIpc) is 3.15. The van der Waals surface area contributed by atoms with Crippen LogP contribution in [0.4, 0.5) is 0 Å². The summed E-state index contributed by atoms with van der Waals surface area (Å²) < 4.78 is 5.72. The first kappa shape index (κ1) is 25.8. The normalized spacial score (nSPS) is 13.2. The number of hydrazine groups is 1. The van der Waals surface area contributed by atoms with E-state index in [1.54, 1.807) is 19.1 Å². The monoisotopic (exact) mass is 450 g/mol. The van der Waals surface area contributed by atoms with E-state index in [1.165, 1.54) is 11.9 Å². The van der Waals surface area contributed by atoms with Crippen molar-refractivity contribution < 1.29 is 14.3 Å². The predicted octanol–water partition coefficient (Wildman–Crippen LogP) is 4.39. The lowest BCUT2D eigenvalue weighted by Gasteiger charge is -2.24. The lowest BCUT2D eigenvalue weighted by atomic mass is 10.0. The van der Waals surface area contributed by atoms with Crippen LogP contribution in [0.3, 0.4) is 0 Å². The molecule has 0 saturated heterocycles. The van der Waals surface area contributed by atoms with Crippen molar-refractivity contribution in [1.29, 1.82) is 0 Å². The Bertz CT molecular complexity index is 987. The highest BCUT2D eigenvalue weighted by molar-refractivity contribution is 5.74. The Morgan fingerprint density at radius 3 is 2.55 bits per heavy atom. The Balaban J connectivity index is 1.87. The molecule has 33 heavy (non-hydrogen) atoms. The van der Waals surface area contributed by atoms with Gasteiger partial charge in [0.05, 0.1) is 12.0 Å². The van der Waals surface area contributed by atoms with Gasteiger partial charge in [-0.05, 0) is 44.2 Å². The van der Waals surface area contributed by atoms with Gasteiger partial charge in [-0.25, -0.2) is 9.99 Å². The summed E-state index contributed by atoms with van der Waals surface area (Å²) in [7, 11) is 3.32. The molecule has 1 unspecified atom stereocenters. The van der Waals surface area contributed by atoms with Crippen LogP contribution in [0.1, 0.15) is 41.8 Å². The van der Waals surface area contributed by atoms with Gasteiger partial charge < -0.3 is 14.9 Å². The van der Waals surface area contributed by atoms with Crippen molar-refractivity contribution in [3.63, 3.8) is 0 Å². The van der Waals surface area contributed by atoms with Crippen molar-refractivity contribution in [2.24, 2.45) is 4.99 Å². The molecule has 2 aromatic rings.